The maximum absolute atomic E-state index is 5.86. The zero-order valence-electron chi connectivity index (χ0n) is 14.7. The number of nitrogens with one attached hydrogen (secondary N) is 1. The molecule has 0 unspecified atom stereocenters. The molecule has 0 spiro atoms. The number of rotatable bonds is 7. The summed E-state index contributed by atoms with van der Waals surface area (Å²) in [6, 6.07) is 13.0. The van der Waals surface area contributed by atoms with Crippen LogP contribution in [0.5, 0.6) is 11.6 Å². The van der Waals surface area contributed by atoms with Gasteiger partial charge < -0.3 is 19.7 Å². The van der Waals surface area contributed by atoms with Crippen LogP contribution in [0.3, 0.4) is 0 Å². The molecule has 0 aliphatic carbocycles. The minimum atomic E-state index is 0.538. The largest absolute Gasteiger partial charge is 0.492 e. The number of aliphatic imine (C=N–C) groups is 1. The van der Waals surface area contributed by atoms with E-state index in [1.165, 1.54) is 0 Å². The Hall–Kier alpha value is -2.47. The minimum absolute atomic E-state index is 0.538. The quantitative estimate of drug-likeness (QED) is 0.606. The van der Waals surface area contributed by atoms with Gasteiger partial charge in [0.1, 0.15) is 12.4 Å². The highest BCUT2D eigenvalue weighted by Crippen LogP contribution is 2.15. The number of methoxy groups -OCH3 is 1. The monoisotopic (exact) mass is 362 g/mol. The summed E-state index contributed by atoms with van der Waals surface area (Å²) in [5.41, 5.74) is 0.881. The predicted octanol–water partition coefficient (Wildman–Crippen LogP) is 2.83. The van der Waals surface area contributed by atoms with E-state index < -0.39 is 0 Å². The number of pyridine rings is 1. The maximum atomic E-state index is 5.86. The molecule has 0 aliphatic rings. The molecule has 0 bridgehead atoms. The highest BCUT2D eigenvalue weighted by atomic mass is 35.5. The van der Waals surface area contributed by atoms with Crippen LogP contribution < -0.4 is 14.8 Å². The summed E-state index contributed by atoms with van der Waals surface area (Å²) in [6.07, 6.45) is 0. The van der Waals surface area contributed by atoms with Crippen molar-refractivity contribution < 1.29 is 9.47 Å². The molecule has 1 N–H and O–H groups in total. The number of ether oxygens (including phenoxy) is 2. The second-order valence-corrected chi connectivity index (χ2v) is 5.73. The molecule has 0 atom stereocenters. The van der Waals surface area contributed by atoms with Gasteiger partial charge in [0.15, 0.2) is 5.96 Å². The van der Waals surface area contributed by atoms with E-state index in [-0.39, 0.29) is 0 Å². The zero-order valence-corrected chi connectivity index (χ0v) is 15.5. The molecule has 134 valence electrons. The Balaban J connectivity index is 1.79. The molecule has 1 heterocycles. The Kier molecular flexibility index (Phi) is 7.35. The molecule has 0 saturated heterocycles. The van der Waals surface area contributed by atoms with Gasteiger partial charge in [-0.1, -0.05) is 17.7 Å². The van der Waals surface area contributed by atoms with Gasteiger partial charge in [0, 0.05) is 25.2 Å². The average molecular weight is 363 g/mol. The molecule has 7 heteroatoms. The highest BCUT2D eigenvalue weighted by Gasteiger charge is 2.07. The summed E-state index contributed by atoms with van der Waals surface area (Å²) < 4.78 is 10.8. The Bertz CT molecular complexity index is 692. The van der Waals surface area contributed by atoms with Crippen LogP contribution in [0.15, 0.2) is 47.5 Å². The van der Waals surface area contributed by atoms with Gasteiger partial charge in [-0.25, -0.2) is 4.98 Å². The van der Waals surface area contributed by atoms with Gasteiger partial charge in [-0.15, -0.1) is 0 Å². The number of nitrogens with zero attached hydrogens (tertiary/aromatic N) is 3. The Morgan fingerprint density at radius 2 is 2.00 bits per heavy atom. The van der Waals surface area contributed by atoms with Crippen LogP contribution in [0.4, 0.5) is 0 Å². The van der Waals surface area contributed by atoms with E-state index in [9.17, 15) is 0 Å². The van der Waals surface area contributed by atoms with Crippen LogP contribution in [0.1, 0.15) is 5.69 Å². The van der Waals surface area contributed by atoms with Gasteiger partial charge in [-0.05, 0) is 30.3 Å². The second kappa shape index (κ2) is 9.74. The lowest BCUT2D eigenvalue weighted by molar-refractivity contribution is 0.281. The van der Waals surface area contributed by atoms with Crippen molar-refractivity contribution in [2.45, 2.75) is 6.54 Å². The Morgan fingerprint density at radius 1 is 1.24 bits per heavy atom. The van der Waals surface area contributed by atoms with Gasteiger partial charge in [-0.2, -0.15) is 0 Å². The van der Waals surface area contributed by atoms with Crippen molar-refractivity contribution in [2.75, 3.05) is 34.4 Å². The number of halogens is 1. The topological polar surface area (TPSA) is 59.0 Å². The number of guanidine groups is 1. The van der Waals surface area contributed by atoms with Crippen LogP contribution in [0, 0.1) is 0 Å². The van der Waals surface area contributed by atoms with Gasteiger partial charge >= 0.3 is 0 Å². The first-order chi connectivity index (χ1) is 12.1. The molecule has 2 aromatic rings. The molecule has 6 nitrogen and oxygen atoms in total. The molecule has 0 amide bonds. The van der Waals surface area contributed by atoms with Crippen molar-refractivity contribution in [3.8, 4) is 11.6 Å². The van der Waals surface area contributed by atoms with Crippen molar-refractivity contribution in [1.82, 2.24) is 15.2 Å². The van der Waals surface area contributed by atoms with E-state index in [1.807, 2.05) is 54.4 Å². The summed E-state index contributed by atoms with van der Waals surface area (Å²) in [5, 5.41) is 3.97. The molecule has 2 rings (SSSR count). The highest BCUT2D eigenvalue weighted by molar-refractivity contribution is 6.30. The fourth-order valence-corrected chi connectivity index (χ4v) is 2.29. The van der Waals surface area contributed by atoms with E-state index in [0.717, 1.165) is 17.4 Å². The minimum Gasteiger partial charge on any atom is -0.492 e. The predicted molar refractivity (Wildman–Crippen MR) is 101 cm³/mol. The van der Waals surface area contributed by atoms with E-state index in [4.69, 9.17) is 21.1 Å². The maximum Gasteiger partial charge on any atom is 0.213 e. The lowest BCUT2D eigenvalue weighted by Crippen LogP contribution is -2.40. The molecule has 0 aliphatic heterocycles. The van der Waals surface area contributed by atoms with Crippen molar-refractivity contribution in [3.63, 3.8) is 0 Å². The Labute approximate surface area is 153 Å². The van der Waals surface area contributed by atoms with Gasteiger partial charge in [0.2, 0.25) is 5.88 Å². The van der Waals surface area contributed by atoms with Crippen molar-refractivity contribution in [3.05, 3.63) is 53.2 Å². The summed E-state index contributed by atoms with van der Waals surface area (Å²) in [5.74, 6) is 2.16. The van der Waals surface area contributed by atoms with Crippen LogP contribution in [0.25, 0.3) is 0 Å². The lowest BCUT2D eigenvalue weighted by Gasteiger charge is -2.22. The summed E-state index contributed by atoms with van der Waals surface area (Å²) in [4.78, 5) is 10.7. The van der Waals surface area contributed by atoms with E-state index >= 15 is 0 Å². The van der Waals surface area contributed by atoms with Crippen molar-refractivity contribution in [1.29, 1.82) is 0 Å². The first-order valence-electron chi connectivity index (χ1n) is 7.92. The molecule has 0 saturated carbocycles. The Morgan fingerprint density at radius 3 is 2.68 bits per heavy atom. The molecule has 1 aromatic heterocycles. The molecule has 25 heavy (non-hydrogen) atoms. The van der Waals surface area contributed by atoms with Crippen LogP contribution >= 0.6 is 11.6 Å². The van der Waals surface area contributed by atoms with Crippen LogP contribution in [0.2, 0.25) is 5.02 Å². The molecular formula is C18H23ClN4O2. The smallest absolute Gasteiger partial charge is 0.213 e. The second-order valence-electron chi connectivity index (χ2n) is 5.30. The van der Waals surface area contributed by atoms with E-state index in [0.29, 0.717) is 30.6 Å². The van der Waals surface area contributed by atoms with Crippen molar-refractivity contribution >= 4 is 17.6 Å². The third-order valence-corrected chi connectivity index (χ3v) is 3.75. The van der Waals surface area contributed by atoms with Crippen molar-refractivity contribution in [2.24, 2.45) is 4.99 Å². The molecule has 0 radical (unpaired) electrons. The number of benzene rings is 1. The SMILES string of the molecule is CN=C(NCc1cccc(OC)n1)N(C)CCOc1ccc(Cl)cc1. The number of likely N-dealkylation sites (N-methyl/N-ethyl adjacent to an activating group) is 1. The molecule has 0 fully saturated rings. The number of hydrogen-bond acceptors (Lipinski definition) is 4. The van der Waals surface area contributed by atoms with Gasteiger partial charge in [0.25, 0.3) is 0 Å². The van der Waals surface area contributed by atoms with E-state index in [1.54, 1.807) is 14.2 Å². The normalized spacial score (nSPS) is 11.1. The zero-order chi connectivity index (χ0) is 18.1. The first kappa shape index (κ1) is 18.9. The number of aromatic nitrogens is 1. The summed E-state index contributed by atoms with van der Waals surface area (Å²) in [6.45, 7) is 1.79. The third-order valence-electron chi connectivity index (χ3n) is 3.50. The average Bonchev–Trinajstić information content (AvgIpc) is 2.64. The number of hydrogen-bond donors (Lipinski definition) is 1. The fourth-order valence-electron chi connectivity index (χ4n) is 2.16. The summed E-state index contributed by atoms with van der Waals surface area (Å²) >= 11 is 5.86. The third kappa shape index (κ3) is 6.15. The fraction of sp³-hybridized carbons (Fsp3) is 0.333. The molecule has 1 aromatic carbocycles. The lowest BCUT2D eigenvalue weighted by atomic mass is 10.3. The summed E-state index contributed by atoms with van der Waals surface area (Å²) in [7, 11) is 5.31. The van der Waals surface area contributed by atoms with Crippen LogP contribution in [-0.2, 0) is 6.54 Å². The molecular weight excluding hydrogens is 340 g/mol. The van der Waals surface area contributed by atoms with Crippen LogP contribution in [-0.4, -0.2) is 50.2 Å². The van der Waals surface area contributed by atoms with Gasteiger partial charge in [-0.3, -0.25) is 4.99 Å². The first-order valence-corrected chi connectivity index (χ1v) is 8.30. The van der Waals surface area contributed by atoms with Gasteiger partial charge in [0.05, 0.1) is 25.9 Å². The standard InChI is InChI=1S/C18H23ClN4O2/c1-20-18(21-13-15-5-4-6-17(22-15)24-3)23(2)11-12-25-16-9-7-14(19)8-10-16/h4-10H,11-13H2,1-3H3,(H,20,21). The van der Waals surface area contributed by atoms with E-state index in [2.05, 4.69) is 15.3 Å².